The number of alkyl halides is 11. The van der Waals surface area contributed by atoms with E-state index in [1.807, 2.05) is 0 Å². The number of esters is 1. The summed E-state index contributed by atoms with van der Waals surface area (Å²) in [7, 11) is 0. The zero-order valence-corrected chi connectivity index (χ0v) is 15.1. The number of hydrogen-bond donors (Lipinski definition) is 0. The topological polar surface area (TPSA) is 44.8 Å². The third kappa shape index (κ3) is 4.54. The minimum absolute atomic E-state index is 0.503. The van der Waals surface area contributed by atoms with Crippen molar-refractivity contribution >= 4 is 5.97 Å². The second-order valence-corrected chi connectivity index (χ2v) is 5.40. The molecule has 0 amide bonds. The number of ether oxygens (including phenoxy) is 3. The van der Waals surface area contributed by atoms with Gasteiger partial charge in [0.05, 0.1) is 6.61 Å². The van der Waals surface area contributed by atoms with Gasteiger partial charge in [0.25, 0.3) is 5.79 Å². The van der Waals surface area contributed by atoms with Crippen molar-refractivity contribution in [3.63, 3.8) is 0 Å². The number of carbonyl (C=O) groups excluding carboxylic acids is 1. The van der Waals surface area contributed by atoms with Crippen LogP contribution in [-0.4, -0.2) is 61.4 Å². The van der Waals surface area contributed by atoms with Gasteiger partial charge < -0.3 is 14.2 Å². The van der Waals surface area contributed by atoms with Crippen LogP contribution in [0.2, 0.25) is 0 Å². The highest BCUT2D eigenvalue weighted by Crippen LogP contribution is 2.60. The SMILES string of the molecule is CCOC(=O)CC(OCC)(OCC)C(F)(F)C(F)(F)C(F)(F)C(F)(F)C(F)(F)F. The Labute approximate surface area is 157 Å². The van der Waals surface area contributed by atoms with E-state index in [-0.39, 0.29) is 0 Å². The Morgan fingerprint density at radius 3 is 1.31 bits per heavy atom. The lowest BCUT2D eigenvalue weighted by molar-refractivity contribution is -0.460. The van der Waals surface area contributed by atoms with Crippen molar-refractivity contribution in [1.82, 2.24) is 0 Å². The molecule has 0 bridgehead atoms. The maximum Gasteiger partial charge on any atom is 0.460 e. The largest absolute Gasteiger partial charge is 0.466 e. The summed E-state index contributed by atoms with van der Waals surface area (Å²) in [4.78, 5) is 11.5. The molecule has 0 radical (unpaired) electrons. The van der Waals surface area contributed by atoms with Gasteiger partial charge in [-0.2, -0.15) is 48.3 Å². The molecule has 0 aliphatic carbocycles. The van der Waals surface area contributed by atoms with Gasteiger partial charge in [-0.05, 0) is 20.8 Å². The lowest BCUT2D eigenvalue weighted by Gasteiger charge is -2.45. The van der Waals surface area contributed by atoms with Crippen LogP contribution in [0.25, 0.3) is 0 Å². The Balaban J connectivity index is 6.65. The Kier molecular flexibility index (Phi) is 8.36. The summed E-state index contributed by atoms with van der Waals surface area (Å²) in [5.41, 5.74) is 0. The molecule has 29 heavy (non-hydrogen) atoms. The zero-order valence-electron chi connectivity index (χ0n) is 15.1. The second-order valence-electron chi connectivity index (χ2n) is 5.40. The molecule has 15 heteroatoms. The average Bonchev–Trinajstić information content (AvgIpc) is 2.53. The van der Waals surface area contributed by atoms with Crippen molar-refractivity contribution in [1.29, 1.82) is 0 Å². The summed E-state index contributed by atoms with van der Waals surface area (Å²) in [5.74, 6) is -35.3. The summed E-state index contributed by atoms with van der Waals surface area (Å²) < 4.78 is 159. The van der Waals surface area contributed by atoms with Crippen LogP contribution in [0.15, 0.2) is 0 Å². The lowest BCUT2D eigenvalue weighted by Crippen LogP contribution is -2.72. The van der Waals surface area contributed by atoms with Crippen molar-refractivity contribution in [3.05, 3.63) is 0 Å². The molecule has 0 aliphatic rings. The fourth-order valence-corrected chi connectivity index (χ4v) is 2.12. The van der Waals surface area contributed by atoms with Gasteiger partial charge in [0.1, 0.15) is 6.42 Å². The van der Waals surface area contributed by atoms with E-state index in [1.165, 1.54) is 0 Å². The molecule has 0 unspecified atom stereocenters. The molecular weight excluding hydrogens is 441 g/mol. The van der Waals surface area contributed by atoms with Crippen molar-refractivity contribution in [3.8, 4) is 0 Å². The Morgan fingerprint density at radius 2 is 1.00 bits per heavy atom. The maximum absolute atomic E-state index is 14.5. The highest BCUT2D eigenvalue weighted by atomic mass is 19.4. The van der Waals surface area contributed by atoms with Gasteiger partial charge in [0, 0.05) is 13.2 Å². The van der Waals surface area contributed by atoms with Gasteiger partial charge in [-0.3, -0.25) is 4.79 Å². The van der Waals surface area contributed by atoms with Crippen LogP contribution in [0, 0.1) is 0 Å². The van der Waals surface area contributed by atoms with E-state index in [4.69, 9.17) is 0 Å². The molecule has 0 saturated heterocycles. The van der Waals surface area contributed by atoms with Gasteiger partial charge in [0.2, 0.25) is 0 Å². The summed E-state index contributed by atoms with van der Waals surface area (Å²) in [6, 6.07) is 0. The molecule has 0 aromatic rings. The van der Waals surface area contributed by atoms with Gasteiger partial charge >= 0.3 is 35.8 Å². The first-order valence-electron chi connectivity index (χ1n) is 7.84. The predicted octanol–water partition coefficient (Wildman–Crippen LogP) is 4.81. The van der Waals surface area contributed by atoms with E-state index in [0.29, 0.717) is 0 Å². The van der Waals surface area contributed by atoms with Crippen LogP contribution < -0.4 is 0 Å². The highest BCUT2D eigenvalue weighted by molar-refractivity contribution is 5.70. The van der Waals surface area contributed by atoms with Crippen molar-refractivity contribution in [2.45, 2.75) is 62.8 Å². The predicted molar refractivity (Wildman–Crippen MR) is 73.1 cm³/mol. The first-order valence-corrected chi connectivity index (χ1v) is 7.84. The van der Waals surface area contributed by atoms with Gasteiger partial charge in [-0.1, -0.05) is 0 Å². The van der Waals surface area contributed by atoms with Gasteiger partial charge in [0.15, 0.2) is 0 Å². The minimum Gasteiger partial charge on any atom is -0.466 e. The van der Waals surface area contributed by atoms with Crippen LogP contribution in [0.5, 0.6) is 0 Å². The summed E-state index contributed by atoms with van der Waals surface area (Å²) in [6.45, 7) is 0.340. The normalized spacial score (nSPS) is 14.8. The molecular formula is C14H17F11O4. The quantitative estimate of drug-likeness (QED) is 0.253. The third-order valence-electron chi connectivity index (χ3n) is 3.45. The molecule has 0 atom stereocenters. The first-order chi connectivity index (χ1) is 12.8. The molecule has 0 aromatic heterocycles. The van der Waals surface area contributed by atoms with Gasteiger partial charge in [-0.15, -0.1) is 0 Å². The summed E-state index contributed by atoms with van der Waals surface area (Å²) in [6.07, 6.45) is -9.32. The minimum atomic E-state index is -7.66. The van der Waals surface area contributed by atoms with Crippen LogP contribution in [0.4, 0.5) is 48.3 Å². The number of carbonyl (C=O) groups is 1. The molecule has 0 aromatic carbocycles. The van der Waals surface area contributed by atoms with Crippen LogP contribution in [0.3, 0.4) is 0 Å². The molecule has 0 spiro atoms. The number of hydrogen-bond acceptors (Lipinski definition) is 4. The number of halogens is 11. The molecule has 174 valence electrons. The summed E-state index contributed by atoms with van der Waals surface area (Å²) >= 11 is 0. The summed E-state index contributed by atoms with van der Waals surface area (Å²) in [5, 5.41) is 0. The van der Waals surface area contributed by atoms with E-state index in [1.54, 1.807) is 0 Å². The Hall–Kier alpha value is -1.38. The smallest absolute Gasteiger partial charge is 0.460 e. The molecule has 0 fully saturated rings. The van der Waals surface area contributed by atoms with Crippen LogP contribution >= 0.6 is 0 Å². The standard InChI is InChI=1S/C14H17F11O4/c1-4-27-8(26)7-9(28-5-2,29-6-3)10(15,16)11(17,18)12(19,20)13(21,22)14(23,24)25/h4-7H2,1-3H3. The van der Waals surface area contributed by atoms with Crippen molar-refractivity contribution < 1.29 is 67.3 Å². The Bertz CT molecular complexity index is 554. The molecule has 0 saturated carbocycles. The van der Waals surface area contributed by atoms with Crippen LogP contribution in [0.1, 0.15) is 27.2 Å². The molecule has 0 rings (SSSR count). The maximum atomic E-state index is 14.5. The van der Waals surface area contributed by atoms with Crippen molar-refractivity contribution in [2.75, 3.05) is 19.8 Å². The van der Waals surface area contributed by atoms with E-state index >= 15 is 0 Å². The van der Waals surface area contributed by atoms with E-state index in [2.05, 4.69) is 14.2 Å². The zero-order chi connectivity index (χ0) is 23.5. The monoisotopic (exact) mass is 458 g/mol. The molecule has 0 aliphatic heterocycles. The Morgan fingerprint density at radius 1 is 0.621 bits per heavy atom. The highest BCUT2D eigenvalue weighted by Gasteiger charge is 2.90. The third-order valence-corrected chi connectivity index (χ3v) is 3.45. The van der Waals surface area contributed by atoms with E-state index < -0.39 is 67.9 Å². The fraction of sp³-hybridized carbons (Fsp3) is 0.929. The van der Waals surface area contributed by atoms with E-state index in [9.17, 15) is 53.1 Å². The average molecular weight is 458 g/mol. The van der Waals surface area contributed by atoms with Crippen LogP contribution in [-0.2, 0) is 19.0 Å². The first kappa shape index (κ1) is 27.6. The number of rotatable bonds is 11. The fourth-order valence-electron chi connectivity index (χ4n) is 2.12. The lowest BCUT2D eigenvalue weighted by atomic mass is 9.90. The molecule has 0 heterocycles. The second kappa shape index (κ2) is 8.78. The molecule has 4 nitrogen and oxygen atoms in total. The van der Waals surface area contributed by atoms with Crippen molar-refractivity contribution in [2.24, 2.45) is 0 Å². The molecule has 0 N–H and O–H groups in total. The van der Waals surface area contributed by atoms with Gasteiger partial charge in [-0.25, -0.2) is 0 Å². The van der Waals surface area contributed by atoms with E-state index in [0.717, 1.165) is 20.8 Å².